The van der Waals surface area contributed by atoms with Crippen molar-refractivity contribution in [2.45, 2.75) is 50.7 Å². The van der Waals surface area contributed by atoms with Crippen LogP contribution in [0.3, 0.4) is 0 Å². The van der Waals surface area contributed by atoms with Gasteiger partial charge in [0.05, 0.1) is 23.0 Å². The lowest BCUT2D eigenvalue weighted by Crippen LogP contribution is -2.45. The molecule has 0 spiro atoms. The Hall–Kier alpha value is -3.13. The number of piperidine rings is 1. The summed E-state index contributed by atoms with van der Waals surface area (Å²) in [5.41, 5.74) is 6.36. The smallest absolute Gasteiger partial charge is 0.227 e. The number of aliphatic hydroxyl groups is 1. The van der Waals surface area contributed by atoms with E-state index >= 15 is 0 Å². The number of H-pyrrole nitrogens is 1. The summed E-state index contributed by atoms with van der Waals surface area (Å²) in [7, 11) is 2.12. The van der Waals surface area contributed by atoms with Crippen molar-refractivity contribution in [3.8, 4) is 11.3 Å². The molecule has 1 aliphatic carbocycles. The zero-order valence-electron chi connectivity index (χ0n) is 22.0. The van der Waals surface area contributed by atoms with Gasteiger partial charge in [0, 0.05) is 59.7 Å². The molecule has 1 unspecified atom stereocenters. The summed E-state index contributed by atoms with van der Waals surface area (Å²) in [6.45, 7) is 4.59. The first-order chi connectivity index (χ1) is 18.4. The van der Waals surface area contributed by atoms with Gasteiger partial charge in [-0.1, -0.05) is 29.8 Å². The quantitative estimate of drug-likeness (QED) is 0.252. The van der Waals surface area contributed by atoms with Crippen molar-refractivity contribution in [2.75, 3.05) is 36.9 Å². The Kier molecular flexibility index (Phi) is 6.99. The van der Waals surface area contributed by atoms with Crippen LogP contribution >= 0.6 is 11.6 Å². The van der Waals surface area contributed by atoms with Gasteiger partial charge in [-0.2, -0.15) is 0 Å². The molecule has 2 aromatic carbocycles. The summed E-state index contributed by atoms with van der Waals surface area (Å²) in [6, 6.07) is 15.5. The average molecular weight is 531 g/mol. The Morgan fingerprint density at radius 3 is 2.71 bits per heavy atom. The van der Waals surface area contributed by atoms with Gasteiger partial charge in [-0.05, 0) is 75.4 Å². The van der Waals surface area contributed by atoms with Crippen molar-refractivity contribution in [3.63, 3.8) is 0 Å². The van der Waals surface area contributed by atoms with Gasteiger partial charge in [0.1, 0.15) is 0 Å². The first-order valence-electron chi connectivity index (χ1n) is 13.6. The summed E-state index contributed by atoms with van der Waals surface area (Å²) >= 11 is 6.56. The molecule has 1 atom stereocenters. The lowest BCUT2D eigenvalue weighted by molar-refractivity contribution is 0.108. The molecule has 0 bridgehead atoms. The van der Waals surface area contributed by atoms with Crippen LogP contribution in [0, 0.1) is 0 Å². The van der Waals surface area contributed by atoms with Crippen LogP contribution in [0.15, 0.2) is 54.9 Å². The van der Waals surface area contributed by atoms with E-state index in [9.17, 15) is 5.11 Å². The number of nitrogens with one attached hydrogen (secondary N) is 2. The molecule has 38 heavy (non-hydrogen) atoms. The monoisotopic (exact) mass is 530 g/mol. The Labute approximate surface area is 228 Å². The predicted molar refractivity (Wildman–Crippen MR) is 156 cm³/mol. The van der Waals surface area contributed by atoms with E-state index in [1.807, 2.05) is 31.3 Å². The van der Waals surface area contributed by atoms with Crippen LogP contribution in [0.1, 0.15) is 44.1 Å². The number of hydrogen-bond donors (Lipinski definition) is 3. The zero-order valence-corrected chi connectivity index (χ0v) is 22.7. The van der Waals surface area contributed by atoms with Crippen molar-refractivity contribution in [2.24, 2.45) is 0 Å². The molecule has 3 N–H and O–H groups in total. The van der Waals surface area contributed by atoms with Crippen LogP contribution in [0.2, 0.25) is 5.02 Å². The highest BCUT2D eigenvalue weighted by atomic mass is 35.5. The minimum atomic E-state index is -0.298. The lowest BCUT2D eigenvalue weighted by Gasteiger charge is -2.38. The van der Waals surface area contributed by atoms with Crippen LogP contribution in [-0.2, 0) is 0 Å². The molecule has 1 aliphatic heterocycles. The van der Waals surface area contributed by atoms with E-state index in [1.165, 1.54) is 24.1 Å². The van der Waals surface area contributed by atoms with E-state index in [4.69, 9.17) is 16.6 Å². The van der Waals surface area contributed by atoms with Crippen LogP contribution in [0.25, 0.3) is 22.2 Å². The number of nitrogens with zero attached hydrogens (tertiary/aromatic N) is 4. The number of aliphatic hydroxyl groups excluding tert-OH is 1. The topological polar surface area (TPSA) is 80.3 Å². The molecule has 6 rings (SSSR count). The second kappa shape index (κ2) is 10.6. The van der Waals surface area contributed by atoms with Gasteiger partial charge in [-0.15, -0.1) is 0 Å². The number of fused-ring (bicyclic) bond motifs is 1. The van der Waals surface area contributed by atoms with Crippen molar-refractivity contribution < 1.29 is 5.11 Å². The normalized spacial score (nSPS) is 17.3. The molecule has 7 nitrogen and oxygen atoms in total. The molecule has 1 saturated heterocycles. The number of para-hydroxylation sites is 1. The zero-order chi connectivity index (χ0) is 26.2. The third kappa shape index (κ3) is 5.37. The Morgan fingerprint density at radius 2 is 1.95 bits per heavy atom. The number of anilines is 3. The van der Waals surface area contributed by atoms with E-state index in [0.29, 0.717) is 28.6 Å². The summed E-state index contributed by atoms with van der Waals surface area (Å²) < 4.78 is 0. The Morgan fingerprint density at radius 1 is 1.16 bits per heavy atom. The SMILES string of the molecule is CC(O)CN(C)C1CCN(c2cc(Nc3ncc(Cl)c(-c4c[nH]c5ccccc45)n3)cc(C3CC3)c2)CC1. The summed E-state index contributed by atoms with van der Waals surface area (Å²) in [4.78, 5) is 17.4. The molecule has 2 fully saturated rings. The molecule has 198 valence electrons. The van der Waals surface area contributed by atoms with E-state index in [2.05, 4.69) is 56.4 Å². The lowest BCUT2D eigenvalue weighted by atomic mass is 10.0. The number of aromatic nitrogens is 3. The van der Waals surface area contributed by atoms with Gasteiger partial charge in [0.2, 0.25) is 5.95 Å². The molecule has 0 amide bonds. The average Bonchev–Trinajstić information content (AvgIpc) is 3.69. The Bertz CT molecular complexity index is 1420. The van der Waals surface area contributed by atoms with Crippen molar-refractivity contribution in [1.82, 2.24) is 19.9 Å². The van der Waals surface area contributed by atoms with Gasteiger partial charge in [-0.3, -0.25) is 0 Å². The molecule has 1 saturated carbocycles. The number of aromatic amines is 1. The molecule has 3 heterocycles. The summed E-state index contributed by atoms with van der Waals surface area (Å²) in [5.74, 6) is 1.17. The van der Waals surface area contributed by atoms with Crippen molar-refractivity contribution in [3.05, 3.63) is 65.4 Å². The maximum absolute atomic E-state index is 9.78. The van der Waals surface area contributed by atoms with Crippen LogP contribution in [0.5, 0.6) is 0 Å². The first kappa shape index (κ1) is 25.2. The predicted octanol–water partition coefficient (Wildman–Crippen LogP) is 6.18. The van der Waals surface area contributed by atoms with Crippen LogP contribution in [-0.4, -0.2) is 63.8 Å². The number of hydrogen-bond acceptors (Lipinski definition) is 6. The molecule has 2 aromatic heterocycles. The molecular formula is C30H35ClN6O. The van der Waals surface area contributed by atoms with Gasteiger partial charge in [0.15, 0.2) is 0 Å². The van der Waals surface area contributed by atoms with E-state index < -0.39 is 0 Å². The number of halogens is 1. The molecule has 8 heteroatoms. The fourth-order valence-corrected chi connectivity index (χ4v) is 5.88. The highest BCUT2D eigenvalue weighted by molar-refractivity contribution is 6.33. The Balaban J connectivity index is 1.24. The van der Waals surface area contributed by atoms with Crippen LogP contribution in [0.4, 0.5) is 17.3 Å². The number of likely N-dealkylation sites (N-methyl/N-ethyl adjacent to an activating group) is 1. The van der Waals surface area contributed by atoms with Crippen LogP contribution < -0.4 is 10.2 Å². The fraction of sp³-hybridized carbons (Fsp3) is 0.400. The highest BCUT2D eigenvalue weighted by Crippen LogP contribution is 2.43. The fourth-order valence-electron chi connectivity index (χ4n) is 5.69. The summed E-state index contributed by atoms with van der Waals surface area (Å²) in [6.07, 6.45) is 8.01. The van der Waals surface area contributed by atoms with Gasteiger partial charge < -0.3 is 25.2 Å². The van der Waals surface area contributed by atoms with E-state index in [1.54, 1.807) is 6.20 Å². The minimum absolute atomic E-state index is 0.298. The van der Waals surface area contributed by atoms with Gasteiger partial charge >= 0.3 is 0 Å². The van der Waals surface area contributed by atoms with E-state index in [0.717, 1.165) is 54.6 Å². The van der Waals surface area contributed by atoms with Gasteiger partial charge in [-0.25, -0.2) is 9.97 Å². The molecule has 2 aliphatic rings. The third-order valence-electron chi connectivity index (χ3n) is 7.84. The second-order valence-corrected chi connectivity index (χ2v) is 11.3. The van der Waals surface area contributed by atoms with Crippen molar-refractivity contribution in [1.29, 1.82) is 0 Å². The highest BCUT2D eigenvalue weighted by Gasteiger charge is 2.27. The maximum Gasteiger partial charge on any atom is 0.227 e. The molecule has 0 radical (unpaired) electrons. The number of benzene rings is 2. The first-order valence-corrected chi connectivity index (χ1v) is 14.0. The molecular weight excluding hydrogens is 496 g/mol. The van der Waals surface area contributed by atoms with Crippen molar-refractivity contribution >= 4 is 39.8 Å². The maximum atomic E-state index is 9.78. The minimum Gasteiger partial charge on any atom is -0.392 e. The van der Waals surface area contributed by atoms with E-state index in [-0.39, 0.29) is 6.10 Å². The molecule has 4 aromatic rings. The number of rotatable bonds is 8. The third-order valence-corrected chi connectivity index (χ3v) is 8.12. The largest absolute Gasteiger partial charge is 0.392 e. The second-order valence-electron chi connectivity index (χ2n) is 10.9. The summed E-state index contributed by atoms with van der Waals surface area (Å²) in [5, 5.41) is 14.9. The van der Waals surface area contributed by atoms with Gasteiger partial charge in [0.25, 0.3) is 0 Å². The standard InChI is InChI=1S/C30H35ClN6O/c1-19(38)18-36(2)23-9-11-37(12-10-23)24-14-21(20-7-8-20)13-22(15-24)34-30-33-17-27(31)29(35-30)26-16-32-28-6-4-3-5-25(26)28/h3-6,13-17,19-20,23,32,38H,7-12,18H2,1-2H3,(H,33,34,35).